The van der Waals surface area contributed by atoms with Gasteiger partial charge in [0.1, 0.15) is 0 Å². The molecule has 1 fully saturated rings. The Labute approximate surface area is 63.4 Å². The maximum absolute atomic E-state index is 5.74. The van der Waals surface area contributed by atoms with Gasteiger partial charge in [0.05, 0.1) is 0 Å². The minimum Gasteiger partial charge on any atom is -0.328 e. The number of hydrogen-bond donors (Lipinski definition) is 1. The van der Waals surface area contributed by atoms with Gasteiger partial charge < -0.3 is 10.6 Å². The molecule has 10 heavy (non-hydrogen) atoms. The van der Waals surface area contributed by atoms with E-state index in [9.17, 15) is 0 Å². The Morgan fingerprint density at radius 3 is 2.30 bits per heavy atom. The highest BCUT2D eigenvalue weighted by Gasteiger charge is 2.17. The summed E-state index contributed by atoms with van der Waals surface area (Å²) in [5.74, 6) is 0.653. The van der Waals surface area contributed by atoms with E-state index in [0.717, 1.165) is 0 Å². The van der Waals surface area contributed by atoms with Gasteiger partial charge in [0.25, 0.3) is 0 Å². The number of rotatable bonds is 3. The van der Waals surface area contributed by atoms with Gasteiger partial charge in [-0.2, -0.15) is 0 Å². The quantitative estimate of drug-likeness (QED) is 0.627. The summed E-state index contributed by atoms with van der Waals surface area (Å²) in [4.78, 5) is 2.47. The molecule has 0 spiro atoms. The third-order valence-electron chi connectivity index (χ3n) is 2.39. The first-order chi connectivity index (χ1) is 4.70. The van der Waals surface area contributed by atoms with Crippen LogP contribution in [-0.4, -0.2) is 30.6 Å². The molecule has 1 heterocycles. The van der Waals surface area contributed by atoms with Gasteiger partial charge in [-0.05, 0) is 32.4 Å². The lowest BCUT2D eigenvalue weighted by molar-refractivity contribution is 0.150. The molecule has 0 bridgehead atoms. The van der Waals surface area contributed by atoms with Crippen LogP contribution in [0.15, 0.2) is 0 Å². The standard InChI is InChI=1S/C8H18N2/c1-7(8(2)9)6-10-4-3-5-10/h7-8H,3-6,9H2,1-2H3. The molecule has 60 valence electrons. The second-order valence-electron chi connectivity index (χ2n) is 3.49. The lowest BCUT2D eigenvalue weighted by Gasteiger charge is -2.34. The van der Waals surface area contributed by atoms with Gasteiger partial charge in [-0.1, -0.05) is 6.92 Å². The number of nitrogens with two attached hydrogens (primary N) is 1. The van der Waals surface area contributed by atoms with Crippen LogP contribution in [0, 0.1) is 5.92 Å². The molecule has 0 aromatic rings. The molecule has 1 saturated heterocycles. The van der Waals surface area contributed by atoms with Gasteiger partial charge >= 0.3 is 0 Å². The fraction of sp³-hybridized carbons (Fsp3) is 1.00. The van der Waals surface area contributed by atoms with Crippen molar-refractivity contribution in [3.8, 4) is 0 Å². The molecule has 0 aromatic carbocycles. The van der Waals surface area contributed by atoms with Crippen LogP contribution in [0.5, 0.6) is 0 Å². The molecular formula is C8H18N2. The monoisotopic (exact) mass is 142 g/mol. The van der Waals surface area contributed by atoms with Crippen LogP contribution in [-0.2, 0) is 0 Å². The van der Waals surface area contributed by atoms with E-state index in [4.69, 9.17) is 5.73 Å². The number of hydrogen-bond acceptors (Lipinski definition) is 2. The molecule has 0 radical (unpaired) electrons. The van der Waals surface area contributed by atoms with Crippen LogP contribution < -0.4 is 5.73 Å². The fourth-order valence-electron chi connectivity index (χ4n) is 1.14. The normalized spacial score (nSPS) is 25.5. The zero-order valence-corrected chi connectivity index (χ0v) is 7.01. The van der Waals surface area contributed by atoms with Crippen molar-refractivity contribution in [3.63, 3.8) is 0 Å². The average molecular weight is 142 g/mol. The highest BCUT2D eigenvalue weighted by Crippen LogP contribution is 2.10. The van der Waals surface area contributed by atoms with E-state index in [1.807, 2.05) is 0 Å². The predicted octanol–water partition coefficient (Wildman–Crippen LogP) is 0.675. The smallest absolute Gasteiger partial charge is 0.00483 e. The largest absolute Gasteiger partial charge is 0.328 e. The Bertz CT molecular complexity index is 97.4. The van der Waals surface area contributed by atoms with Crippen molar-refractivity contribution < 1.29 is 0 Å². The zero-order chi connectivity index (χ0) is 7.56. The molecule has 1 rings (SSSR count). The Balaban J connectivity index is 2.10. The summed E-state index contributed by atoms with van der Waals surface area (Å²) in [6.07, 6.45) is 1.38. The van der Waals surface area contributed by atoms with Crippen LogP contribution in [0.3, 0.4) is 0 Å². The molecule has 2 heteroatoms. The van der Waals surface area contributed by atoms with Gasteiger partial charge in [-0.3, -0.25) is 0 Å². The maximum atomic E-state index is 5.74. The lowest BCUT2D eigenvalue weighted by Crippen LogP contribution is -2.43. The van der Waals surface area contributed by atoms with Crippen molar-refractivity contribution >= 4 is 0 Å². The lowest BCUT2D eigenvalue weighted by atomic mass is 10.0. The summed E-state index contributed by atoms with van der Waals surface area (Å²) >= 11 is 0. The Morgan fingerprint density at radius 1 is 1.40 bits per heavy atom. The molecule has 0 aromatic heterocycles. The van der Waals surface area contributed by atoms with E-state index in [2.05, 4.69) is 18.7 Å². The van der Waals surface area contributed by atoms with Gasteiger partial charge in [0.15, 0.2) is 0 Å². The molecule has 0 saturated carbocycles. The minimum absolute atomic E-state index is 0.348. The van der Waals surface area contributed by atoms with Gasteiger partial charge in [0, 0.05) is 12.6 Å². The van der Waals surface area contributed by atoms with Crippen molar-refractivity contribution in [2.75, 3.05) is 19.6 Å². The molecule has 2 N–H and O–H groups in total. The van der Waals surface area contributed by atoms with Gasteiger partial charge in [0.2, 0.25) is 0 Å². The minimum atomic E-state index is 0.348. The van der Waals surface area contributed by atoms with Crippen LogP contribution >= 0.6 is 0 Å². The number of nitrogens with zero attached hydrogens (tertiary/aromatic N) is 1. The zero-order valence-electron chi connectivity index (χ0n) is 7.01. The third kappa shape index (κ3) is 1.96. The SMILES string of the molecule is CC(N)C(C)CN1CCC1. The second kappa shape index (κ2) is 3.35. The first-order valence-corrected chi connectivity index (χ1v) is 4.18. The molecule has 2 nitrogen and oxygen atoms in total. The molecule has 0 aliphatic carbocycles. The van der Waals surface area contributed by atoms with E-state index < -0.39 is 0 Å². The number of likely N-dealkylation sites (tertiary alicyclic amines) is 1. The van der Waals surface area contributed by atoms with Crippen molar-refractivity contribution in [1.82, 2.24) is 4.90 Å². The van der Waals surface area contributed by atoms with Crippen molar-refractivity contribution in [1.29, 1.82) is 0 Å². The average Bonchev–Trinajstić information content (AvgIpc) is 1.77. The molecule has 1 aliphatic heterocycles. The molecule has 1 aliphatic rings. The summed E-state index contributed by atoms with van der Waals surface area (Å²) in [7, 11) is 0. The first kappa shape index (κ1) is 8.02. The first-order valence-electron chi connectivity index (χ1n) is 4.18. The van der Waals surface area contributed by atoms with Gasteiger partial charge in [-0.25, -0.2) is 0 Å². The summed E-state index contributed by atoms with van der Waals surface area (Å²) < 4.78 is 0. The highest BCUT2D eigenvalue weighted by molar-refractivity contribution is 4.74. The fourth-order valence-corrected chi connectivity index (χ4v) is 1.14. The van der Waals surface area contributed by atoms with Crippen LogP contribution in [0.1, 0.15) is 20.3 Å². The highest BCUT2D eigenvalue weighted by atomic mass is 15.2. The second-order valence-corrected chi connectivity index (χ2v) is 3.49. The summed E-state index contributed by atoms with van der Waals surface area (Å²) in [6.45, 7) is 8.08. The maximum Gasteiger partial charge on any atom is 0.00483 e. The molecule has 2 unspecified atom stereocenters. The topological polar surface area (TPSA) is 29.3 Å². The third-order valence-corrected chi connectivity index (χ3v) is 2.39. The molecular weight excluding hydrogens is 124 g/mol. The Morgan fingerprint density at radius 2 is 2.00 bits per heavy atom. The summed E-state index contributed by atoms with van der Waals surface area (Å²) in [5.41, 5.74) is 5.74. The summed E-state index contributed by atoms with van der Waals surface area (Å²) in [6, 6.07) is 0.348. The Kier molecular flexibility index (Phi) is 2.69. The van der Waals surface area contributed by atoms with Crippen molar-refractivity contribution in [2.24, 2.45) is 11.7 Å². The Hall–Kier alpha value is -0.0800. The van der Waals surface area contributed by atoms with E-state index in [1.165, 1.54) is 26.1 Å². The van der Waals surface area contributed by atoms with Gasteiger partial charge in [-0.15, -0.1) is 0 Å². The van der Waals surface area contributed by atoms with E-state index in [-0.39, 0.29) is 0 Å². The van der Waals surface area contributed by atoms with E-state index >= 15 is 0 Å². The van der Waals surface area contributed by atoms with Crippen molar-refractivity contribution in [3.05, 3.63) is 0 Å². The van der Waals surface area contributed by atoms with E-state index in [1.54, 1.807) is 0 Å². The van der Waals surface area contributed by atoms with Crippen LogP contribution in [0.4, 0.5) is 0 Å². The summed E-state index contributed by atoms with van der Waals surface area (Å²) in [5, 5.41) is 0. The van der Waals surface area contributed by atoms with Crippen molar-refractivity contribution in [2.45, 2.75) is 26.3 Å². The molecule has 0 amide bonds. The van der Waals surface area contributed by atoms with E-state index in [0.29, 0.717) is 12.0 Å². The van der Waals surface area contributed by atoms with Crippen LogP contribution in [0.25, 0.3) is 0 Å². The predicted molar refractivity (Wildman–Crippen MR) is 43.9 cm³/mol. The molecule has 2 atom stereocenters. The van der Waals surface area contributed by atoms with Crippen LogP contribution in [0.2, 0.25) is 0 Å².